The van der Waals surface area contributed by atoms with Gasteiger partial charge in [-0.3, -0.25) is 29.0 Å². The van der Waals surface area contributed by atoms with E-state index in [9.17, 15) is 54.6 Å². The largest absolute Gasteiger partial charge is 0.507 e. The van der Waals surface area contributed by atoms with Crippen molar-refractivity contribution in [2.24, 2.45) is 0 Å². The van der Waals surface area contributed by atoms with Crippen LogP contribution in [0.1, 0.15) is 49.3 Å². The topological polar surface area (TPSA) is 222 Å². The van der Waals surface area contributed by atoms with E-state index < -0.39 is 61.6 Å². The Bertz CT molecular complexity index is 1610. The number of phenols is 2. The van der Waals surface area contributed by atoms with E-state index in [0.29, 0.717) is 11.1 Å². The Kier molecular flexibility index (Phi) is 9.63. The Balaban J connectivity index is 1.98. The summed E-state index contributed by atoms with van der Waals surface area (Å²) in [6, 6.07) is 12.3. The third kappa shape index (κ3) is 6.92. The summed E-state index contributed by atoms with van der Waals surface area (Å²) in [7, 11) is 0. The molecule has 0 amide bonds. The number of carboxylic acids is 4. The number of carboxylic acid groups (broad SMARTS) is 4. The van der Waals surface area contributed by atoms with Gasteiger partial charge in [0, 0.05) is 29.8 Å². The van der Waals surface area contributed by atoms with Gasteiger partial charge in [0.05, 0.1) is 31.7 Å². The van der Waals surface area contributed by atoms with E-state index in [1.54, 1.807) is 32.0 Å². The average Bonchev–Trinajstić information content (AvgIpc) is 3.24. The number of fused-ring (bicyclic) bond motifs is 1. The molecule has 0 saturated heterocycles. The minimum Gasteiger partial charge on any atom is -0.507 e. The minimum absolute atomic E-state index is 0.00817. The maximum Gasteiger partial charge on any atom is 0.340 e. The Labute approximate surface area is 262 Å². The van der Waals surface area contributed by atoms with Crippen molar-refractivity contribution in [2.75, 3.05) is 26.2 Å². The molecule has 1 heterocycles. The molecule has 14 heteroatoms. The summed E-state index contributed by atoms with van der Waals surface area (Å²) in [5.74, 6) is -6.46. The quantitative estimate of drug-likeness (QED) is 0.140. The summed E-state index contributed by atoms with van der Waals surface area (Å²) in [5, 5.41) is 60.4. The lowest BCUT2D eigenvalue weighted by atomic mass is 9.77. The maximum atomic E-state index is 13.4. The zero-order valence-corrected chi connectivity index (χ0v) is 24.9. The molecular weight excluding hydrogens is 604 g/mol. The highest BCUT2D eigenvalue weighted by molar-refractivity contribution is 5.96. The molecule has 0 atom stereocenters. The van der Waals surface area contributed by atoms with Crippen LogP contribution in [-0.2, 0) is 42.6 Å². The Morgan fingerprint density at radius 2 is 1.04 bits per heavy atom. The minimum atomic E-state index is -1.99. The number of esters is 1. The standard InChI is InChI=1S/C32H32N2O12/c1-17-7-19(11-33(13-25(35)36)14-26(37)38)9-23(29(17)43)32(22-6-4-3-5-21(22)31(45)46-32)24-10-20(8-18(2)30(24)44)12-34(15-27(39)40)16-28(41)42/h3-10,43-44H,11-16H2,1-2H3,(H,35,36)(H,37,38)(H,39,40)(H,41,42). The highest BCUT2D eigenvalue weighted by Crippen LogP contribution is 2.53. The van der Waals surface area contributed by atoms with Crippen LogP contribution in [0.5, 0.6) is 11.5 Å². The van der Waals surface area contributed by atoms with Gasteiger partial charge in [-0.1, -0.05) is 30.3 Å². The van der Waals surface area contributed by atoms with Crippen molar-refractivity contribution in [3.05, 3.63) is 93.0 Å². The fraction of sp³-hybridized carbons (Fsp3) is 0.281. The van der Waals surface area contributed by atoms with Crippen LogP contribution in [0.15, 0.2) is 48.5 Å². The molecule has 0 fully saturated rings. The lowest BCUT2D eigenvalue weighted by Gasteiger charge is -2.33. The summed E-state index contributed by atoms with van der Waals surface area (Å²) < 4.78 is 6.08. The lowest BCUT2D eigenvalue weighted by molar-refractivity contribution is -0.144. The third-order valence-electron chi connectivity index (χ3n) is 7.50. The number of benzene rings is 3. The second-order valence-electron chi connectivity index (χ2n) is 11.1. The highest BCUT2D eigenvalue weighted by Gasteiger charge is 2.52. The van der Waals surface area contributed by atoms with Gasteiger partial charge in [-0.15, -0.1) is 0 Å². The van der Waals surface area contributed by atoms with Crippen molar-refractivity contribution in [3.8, 4) is 11.5 Å². The molecule has 0 saturated carbocycles. The van der Waals surface area contributed by atoms with E-state index >= 15 is 0 Å². The van der Waals surface area contributed by atoms with E-state index in [1.807, 2.05) is 0 Å². The van der Waals surface area contributed by atoms with Crippen LogP contribution in [0.25, 0.3) is 0 Å². The van der Waals surface area contributed by atoms with E-state index in [-0.39, 0.29) is 58.0 Å². The fourth-order valence-electron chi connectivity index (χ4n) is 5.81. The van der Waals surface area contributed by atoms with Crippen molar-refractivity contribution in [2.45, 2.75) is 32.5 Å². The van der Waals surface area contributed by atoms with E-state index in [4.69, 9.17) is 4.74 Å². The average molecular weight is 637 g/mol. The first-order chi connectivity index (χ1) is 21.6. The van der Waals surface area contributed by atoms with Crippen LogP contribution in [0.4, 0.5) is 0 Å². The Morgan fingerprint density at radius 1 is 0.652 bits per heavy atom. The molecule has 0 radical (unpaired) electrons. The summed E-state index contributed by atoms with van der Waals surface area (Å²) in [5.41, 5.74) is -0.332. The van der Waals surface area contributed by atoms with Crippen LogP contribution in [0, 0.1) is 13.8 Å². The third-order valence-corrected chi connectivity index (χ3v) is 7.50. The molecular formula is C32H32N2O12. The molecule has 0 spiro atoms. The summed E-state index contributed by atoms with van der Waals surface area (Å²) >= 11 is 0. The van der Waals surface area contributed by atoms with Gasteiger partial charge in [-0.25, -0.2) is 4.79 Å². The molecule has 1 aliphatic heterocycles. The molecule has 0 aliphatic carbocycles. The van der Waals surface area contributed by atoms with Crippen LogP contribution in [0.3, 0.4) is 0 Å². The molecule has 4 rings (SSSR count). The number of aryl methyl sites for hydroxylation is 2. The van der Waals surface area contributed by atoms with Crippen LogP contribution in [0.2, 0.25) is 0 Å². The predicted molar refractivity (Wildman–Crippen MR) is 159 cm³/mol. The van der Waals surface area contributed by atoms with Crippen molar-refractivity contribution in [1.82, 2.24) is 9.80 Å². The lowest BCUT2D eigenvalue weighted by Crippen LogP contribution is -2.35. The van der Waals surface area contributed by atoms with Gasteiger partial charge in [0.1, 0.15) is 11.5 Å². The number of aromatic hydroxyl groups is 2. The smallest absolute Gasteiger partial charge is 0.340 e. The molecule has 3 aromatic carbocycles. The van der Waals surface area contributed by atoms with Gasteiger partial charge in [-0.2, -0.15) is 0 Å². The first-order valence-corrected chi connectivity index (χ1v) is 13.9. The molecule has 46 heavy (non-hydrogen) atoms. The van der Waals surface area contributed by atoms with Crippen LogP contribution in [-0.4, -0.2) is 96.5 Å². The molecule has 242 valence electrons. The zero-order chi connectivity index (χ0) is 33.9. The number of hydrogen-bond donors (Lipinski definition) is 6. The molecule has 14 nitrogen and oxygen atoms in total. The van der Waals surface area contributed by atoms with E-state index in [1.165, 1.54) is 30.3 Å². The van der Waals surface area contributed by atoms with Crippen LogP contribution >= 0.6 is 0 Å². The number of phenolic OH excluding ortho intramolecular Hbond substituents is 2. The second kappa shape index (κ2) is 13.3. The number of cyclic esters (lactones) is 1. The van der Waals surface area contributed by atoms with Gasteiger partial charge in [0.15, 0.2) is 5.60 Å². The predicted octanol–water partition coefficient (Wildman–Crippen LogP) is 2.12. The Hall–Kier alpha value is -5.47. The number of nitrogens with zero attached hydrogens (tertiary/aromatic N) is 2. The first-order valence-electron chi connectivity index (χ1n) is 13.9. The summed E-state index contributed by atoms with van der Waals surface area (Å²) in [4.78, 5) is 61.5. The van der Waals surface area contributed by atoms with Gasteiger partial charge >= 0.3 is 29.8 Å². The molecule has 0 unspecified atom stereocenters. The molecule has 0 bridgehead atoms. The van der Waals surface area contributed by atoms with Gasteiger partial charge in [0.2, 0.25) is 0 Å². The number of rotatable bonds is 14. The second-order valence-corrected chi connectivity index (χ2v) is 11.1. The number of carbonyl (C=O) groups is 5. The highest BCUT2D eigenvalue weighted by atomic mass is 16.6. The summed E-state index contributed by atoms with van der Waals surface area (Å²) in [6.07, 6.45) is 0. The van der Waals surface area contributed by atoms with Gasteiger partial charge < -0.3 is 35.4 Å². The number of aliphatic carboxylic acids is 4. The maximum absolute atomic E-state index is 13.4. The van der Waals surface area contributed by atoms with Crippen molar-refractivity contribution >= 4 is 29.8 Å². The number of hydrogen-bond acceptors (Lipinski definition) is 10. The normalized spacial score (nSPS) is 13.4. The Morgan fingerprint density at radius 3 is 1.43 bits per heavy atom. The van der Waals surface area contributed by atoms with Crippen molar-refractivity contribution < 1.29 is 59.3 Å². The molecule has 1 aliphatic rings. The first kappa shape index (κ1) is 33.4. The van der Waals surface area contributed by atoms with Crippen molar-refractivity contribution in [3.63, 3.8) is 0 Å². The van der Waals surface area contributed by atoms with Gasteiger partial charge in [-0.05, 0) is 54.3 Å². The fourth-order valence-corrected chi connectivity index (χ4v) is 5.81. The van der Waals surface area contributed by atoms with E-state index in [2.05, 4.69) is 0 Å². The molecule has 0 aromatic heterocycles. The number of ether oxygens (including phenoxy) is 1. The van der Waals surface area contributed by atoms with Gasteiger partial charge in [0.25, 0.3) is 0 Å². The van der Waals surface area contributed by atoms with E-state index in [0.717, 1.165) is 9.80 Å². The van der Waals surface area contributed by atoms with Crippen molar-refractivity contribution in [1.29, 1.82) is 0 Å². The molecule has 6 N–H and O–H groups in total. The van der Waals surface area contributed by atoms with Crippen LogP contribution < -0.4 is 0 Å². The molecule has 3 aromatic rings. The number of carbonyl (C=O) groups excluding carboxylic acids is 1. The monoisotopic (exact) mass is 636 g/mol. The summed E-state index contributed by atoms with van der Waals surface area (Å²) in [6.45, 7) is 0.339. The SMILES string of the molecule is Cc1cc(CN(CC(=O)O)CC(=O)O)cc(C2(c3cc(CN(CC(=O)O)CC(=O)O)cc(C)c3O)OC(=O)c3ccccc32)c1O. The zero-order valence-electron chi connectivity index (χ0n) is 24.9.